The van der Waals surface area contributed by atoms with Gasteiger partial charge < -0.3 is 5.32 Å². The lowest BCUT2D eigenvalue weighted by Gasteiger charge is -2.19. The first kappa shape index (κ1) is 18.4. The Morgan fingerprint density at radius 2 is 1.76 bits per heavy atom. The van der Waals surface area contributed by atoms with Crippen molar-refractivity contribution in [1.29, 1.82) is 0 Å². The zero-order valence-electron chi connectivity index (χ0n) is 13.6. The molecular weight excluding hydrogens is 335 g/mol. The maximum absolute atomic E-state index is 12.3. The van der Waals surface area contributed by atoms with Crippen molar-refractivity contribution in [2.75, 3.05) is 18.5 Å². The van der Waals surface area contributed by atoms with E-state index in [-0.39, 0.29) is 11.4 Å². The number of carbonyl (C=O) groups excluding carboxylic acids is 2. The second kappa shape index (κ2) is 7.33. The number of rotatable bonds is 4. The number of carbonyl (C=O) groups is 2. The minimum atomic E-state index is -4.53. The highest BCUT2D eigenvalue weighted by Gasteiger charge is 2.29. The largest absolute Gasteiger partial charge is 0.405 e. The van der Waals surface area contributed by atoms with Crippen LogP contribution in [-0.4, -0.2) is 36.6 Å². The highest BCUT2D eigenvalue weighted by molar-refractivity contribution is 6.03. The quantitative estimate of drug-likeness (QED) is 0.921. The Morgan fingerprint density at radius 3 is 2.32 bits per heavy atom. The number of aromatic nitrogens is 1. The molecule has 0 aliphatic carbocycles. The molecule has 2 rings (SSSR count). The summed E-state index contributed by atoms with van der Waals surface area (Å²) < 4.78 is 36.9. The van der Waals surface area contributed by atoms with E-state index in [1.807, 2.05) is 6.07 Å². The van der Waals surface area contributed by atoms with Gasteiger partial charge in [-0.3, -0.25) is 14.5 Å². The lowest BCUT2D eigenvalue weighted by atomic mass is 10.1. The summed E-state index contributed by atoms with van der Waals surface area (Å²) in [6.45, 7) is -0.191. The number of pyridine rings is 1. The van der Waals surface area contributed by atoms with Gasteiger partial charge in [-0.25, -0.2) is 4.98 Å². The van der Waals surface area contributed by atoms with Gasteiger partial charge >= 0.3 is 6.18 Å². The smallest absolute Gasteiger partial charge is 0.343 e. The molecule has 25 heavy (non-hydrogen) atoms. The van der Waals surface area contributed by atoms with Gasteiger partial charge in [-0.05, 0) is 12.1 Å². The second-order valence-corrected chi connectivity index (χ2v) is 5.31. The summed E-state index contributed by atoms with van der Waals surface area (Å²) in [6.07, 6.45) is -4.53. The van der Waals surface area contributed by atoms with Crippen molar-refractivity contribution in [2.24, 2.45) is 0 Å². The van der Waals surface area contributed by atoms with Gasteiger partial charge in [0.15, 0.2) is 0 Å². The summed E-state index contributed by atoms with van der Waals surface area (Å²) in [6, 6.07) is 11.9. The normalized spacial score (nSPS) is 11.1. The van der Waals surface area contributed by atoms with Crippen LogP contribution in [0.15, 0.2) is 42.5 Å². The van der Waals surface area contributed by atoms with Gasteiger partial charge in [0.05, 0.1) is 11.3 Å². The predicted octanol–water partition coefficient (Wildman–Crippen LogP) is 3.02. The molecule has 2 aromatic rings. The first-order chi connectivity index (χ1) is 11.7. The second-order valence-electron chi connectivity index (χ2n) is 5.31. The molecular formula is C17H16F3N3O2. The number of halogens is 3. The van der Waals surface area contributed by atoms with E-state index in [0.29, 0.717) is 5.69 Å². The number of nitrogens with one attached hydrogen (secondary N) is 1. The summed E-state index contributed by atoms with van der Waals surface area (Å²) in [7, 11) is 1.40. The topological polar surface area (TPSA) is 62.3 Å². The van der Waals surface area contributed by atoms with E-state index >= 15 is 0 Å². The van der Waals surface area contributed by atoms with Gasteiger partial charge in [-0.1, -0.05) is 30.3 Å². The lowest BCUT2D eigenvalue weighted by molar-refractivity contribution is -0.123. The number of benzene rings is 1. The van der Waals surface area contributed by atoms with Crippen molar-refractivity contribution in [3.8, 4) is 11.3 Å². The standard InChI is InChI=1S/C17H16F3N3O2/c1-11(24)23(2)15-13(16(25)21-10-17(18,19)20)8-9-14(22-15)12-6-4-3-5-7-12/h3-9H,10H2,1-2H3,(H,21,25). The van der Waals surface area contributed by atoms with E-state index in [9.17, 15) is 22.8 Å². The van der Waals surface area contributed by atoms with E-state index in [4.69, 9.17) is 0 Å². The summed E-state index contributed by atoms with van der Waals surface area (Å²) in [4.78, 5) is 29.2. The molecule has 0 spiro atoms. The maximum Gasteiger partial charge on any atom is 0.405 e. The molecule has 1 aromatic heterocycles. The monoisotopic (exact) mass is 351 g/mol. The Morgan fingerprint density at radius 1 is 1.12 bits per heavy atom. The Hall–Kier alpha value is -2.90. The third-order valence-corrected chi connectivity index (χ3v) is 3.43. The third-order valence-electron chi connectivity index (χ3n) is 3.43. The zero-order chi connectivity index (χ0) is 18.6. The van der Waals surface area contributed by atoms with E-state index in [0.717, 1.165) is 10.5 Å². The molecule has 0 aliphatic rings. The van der Waals surface area contributed by atoms with E-state index in [1.54, 1.807) is 29.6 Å². The number of anilines is 1. The van der Waals surface area contributed by atoms with Crippen LogP contribution < -0.4 is 10.2 Å². The summed E-state index contributed by atoms with van der Waals surface area (Å²) >= 11 is 0. The maximum atomic E-state index is 12.3. The zero-order valence-corrected chi connectivity index (χ0v) is 13.6. The Bertz CT molecular complexity index is 776. The highest BCUT2D eigenvalue weighted by atomic mass is 19.4. The fourth-order valence-corrected chi connectivity index (χ4v) is 2.08. The van der Waals surface area contributed by atoms with Crippen LogP contribution in [0.5, 0.6) is 0 Å². The SMILES string of the molecule is CC(=O)N(C)c1nc(-c2ccccc2)ccc1C(=O)NCC(F)(F)F. The molecule has 0 fully saturated rings. The molecule has 0 aliphatic heterocycles. The van der Waals surface area contributed by atoms with Gasteiger partial charge in [0.2, 0.25) is 5.91 Å². The van der Waals surface area contributed by atoms with Gasteiger partial charge in [0, 0.05) is 19.5 Å². The molecule has 1 N–H and O–H groups in total. The van der Waals surface area contributed by atoms with Crippen molar-refractivity contribution in [2.45, 2.75) is 13.1 Å². The average Bonchev–Trinajstić information content (AvgIpc) is 2.58. The van der Waals surface area contributed by atoms with Crippen LogP contribution in [-0.2, 0) is 4.79 Å². The van der Waals surface area contributed by atoms with Crippen LogP contribution in [0.4, 0.5) is 19.0 Å². The molecule has 0 saturated heterocycles. The molecule has 0 bridgehead atoms. The molecule has 0 saturated carbocycles. The molecule has 2 amide bonds. The minimum Gasteiger partial charge on any atom is -0.343 e. The van der Waals surface area contributed by atoms with E-state index in [1.165, 1.54) is 26.1 Å². The van der Waals surface area contributed by atoms with Gasteiger partial charge in [0.1, 0.15) is 12.4 Å². The molecule has 0 radical (unpaired) electrons. The minimum absolute atomic E-state index is 0.00599. The van der Waals surface area contributed by atoms with Crippen molar-refractivity contribution < 1.29 is 22.8 Å². The van der Waals surface area contributed by atoms with Crippen LogP contribution in [0.25, 0.3) is 11.3 Å². The molecule has 8 heteroatoms. The first-order valence-electron chi connectivity index (χ1n) is 7.35. The van der Waals surface area contributed by atoms with Gasteiger partial charge in [-0.15, -0.1) is 0 Å². The Labute approximate surface area is 142 Å². The Kier molecular flexibility index (Phi) is 5.41. The average molecular weight is 351 g/mol. The molecule has 0 unspecified atom stereocenters. The molecule has 0 atom stereocenters. The fourth-order valence-electron chi connectivity index (χ4n) is 2.08. The summed E-state index contributed by atoms with van der Waals surface area (Å²) in [5.74, 6) is -1.36. The number of alkyl halides is 3. The van der Waals surface area contributed by atoms with Gasteiger partial charge in [0.25, 0.3) is 5.91 Å². The predicted molar refractivity (Wildman–Crippen MR) is 87.1 cm³/mol. The van der Waals surface area contributed by atoms with E-state index in [2.05, 4.69) is 4.98 Å². The third kappa shape index (κ3) is 4.79. The number of amides is 2. The highest BCUT2D eigenvalue weighted by Crippen LogP contribution is 2.24. The van der Waals surface area contributed by atoms with Gasteiger partial charge in [-0.2, -0.15) is 13.2 Å². The van der Waals surface area contributed by atoms with Crippen molar-refractivity contribution >= 4 is 17.6 Å². The first-order valence-corrected chi connectivity index (χ1v) is 7.35. The van der Waals surface area contributed by atoms with Crippen LogP contribution in [0.2, 0.25) is 0 Å². The lowest BCUT2D eigenvalue weighted by Crippen LogP contribution is -2.35. The fraction of sp³-hybridized carbons (Fsp3) is 0.235. The number of hydrogen-bond donors (Lipinski definition) is 1. The number of nitrogens with zero attached hydrogens (tertiary/aromatic N) is 2. The molecule has 1 aromatic carbocycles. The summed E-state index contributed by atoms with van der Waals surface area (Å²) in [5.41, 5.74) is 1.14. The summed E-state index contributed by atoms with van der Waals surface area (Å²) in [5, 5.41) is 1.79. The number of hydrogen-bond acceptors (Lipinski definition) is 3. The van der Waals surface area contributed by atoms with Crippen LogP contribution in [0, 0.1) is 0 Å². The Balaban J connectivity index is 2.42. The van der Waals surface area contributed by atoms with Crippen LogP contribution >= 0.6 is 0 Å². The molecule has 1 heterocycles. The van der Waals surface area contributed by atoms with Crippen LogP contribution in [0.3, 0.4) is 0 Å². The van der Waals surface area contributed by atoms with Crippen molar-refractivity contribution in [1.82, 2.24) is 10.3 Å². The van der Waals surface area contributed by atoms with E-state index < -0.39 is 24.5 Å². The molecule has 132 valence electrons. The van der Waals surface area contributed by atoms with Crippen molar-refractivity contribution in [3.05, 3.63) is 48.0 Å². The molecule has 5 nitrogen and oxygen atoms in total. The van der Waals surface area contributed by atoms with Crippen LogP contribution in [0.1, 0.15) is 17.3 Å². The van der Waals surface area contributed by atoms with Crippen molar-refractivity contribution in [3.63, 3.8) is 0 Å².